The number of hydrogen-bond acceptors (Lipinski definition) is 5. The Morgan fingerprint density at radius 3 is 0.970 bits per heavy atom. The molecule has 10 aromatic heterocycles. The van der Waals surface area contributed by atoms with Gasteiger partial charge >= 0.3 is 0 Å². The second kappa shape index (κ2) is 32.0. The first-order valence-corrected chi connectivity index (χ1v) is 49.6. The van der Waals surface area contributed by atoms with Gasteiger partial charge in [-0.25, -0.2) is 0 Å². The minimum atomic E-state index is 0.00170. The molecule has 0 radical (unpaired) electrons. The molecule has 19 aromatic carbocycles. The van der Waals surface area contributed by atoms with Gasteiger partial charge in [-0.2, -0.15) is 0 Å². The van der Waals surface area contributed by atoms with E-state index >= 15 is 0 Å². The second-order valence-corrected chi connectivity index (χ2v) is 39.5. The summed E-state index contributed by atoms with van der Waals surface area (Å²) in [4.78, 5) is 0. The van der Waals surface area contributed by atoms with Gasteiger partial charge in [0.15, 0.2) is 0 Å². The van der Waals surface area contributed by atoms with Gasteiger partial charge in [0.1, 0.15) is 0 Å². The van der Waals surface area contributed by atoms with Crippen LogP contribution >= 0.6 is 56.7 Å². The van der Waals surface area contributed by atoms with E-state index in [4.69, 9.17) is 0 Å². The van der Waals surface area contributed by atoms with E-state index in [1.165, 1.54) is 243 Å². The lowest BCUT2D eigenvalue weighted by Crippen LogP contribution is -2.15. The first-order valence-electron chi connectivity index (χ1n) is 45.2. The maximum Gasteiger partial charge on any atom is 0.0556 e. The molecule has 0 unspecified atom stereocenters. The molecular weight excluding hydrogens is 1710 g/mol. The summed E-state index contributed by atoms with van der Waals surface area (Å²) < 4.78 is 18.9. The number of hydrogen-bond donors (Lipinski definition) is 0. The Labute approximate surface area is 786 Å². The summed E-state index contributed by atoms with van der Waals surface area (Å²) in [5, 5.41) is 36.1. The molecule has 0 fully saturated rings. The first kappa shape index (κ1) is 78.5. The summed E-state index contributed by atoms with van der Waals surface area (Å²) in [5.41, 5.74) is 26.8. The zero-order chi connectivity index (χ0) is 87.9. The predicted octanol–water partition coefficient (Wildman–Crippen LogP) is 36.3. The zero-order valence-electron chi connectivity index (χ0n) is 72.6. The number of fused-ring (bicyclic) bond motifs is 30. The number of aromatic nitrogens is 5. The fourth-order valence-corrected chi connectivity index (χ4v) is 26.1. The van der Waals surface area contributed by atoms with E-state index in [0.29, 0.717) is 0 Å². The van der Waals surface area contributed by atoms with Crippen molar-refractivity contribution < 1.29 is 0 Å². The molecular formula is C123H81N5S5. The van der Waals surface area contributed by atoms with Crippen LogP contribution in [0.5, 0.6) is 0 Å². The minimum absolute atomic E-state index is 0.00170. The summed E-state index contributed by atoms with van der Waals surface area (Å²) in [6, 6.07) is 154. The number of nitrogens with zero attached hydrogens (tertiary/aromatic N) is 5. The molecule has 10 heterocycles. The summed E-state index contributed by atoms with van der Waals surface area (Å²) in [6.45, 7) is 4.70. The van der Waals surface area contributed by atoms with Gasteiger partial charge in [0.25, 0.3) is 0 Å². The third-order valence-corrected chi connectivity index (χ3v) is 32.1. The van der Waals surface area contributed by atoms with Crippen molar-refractivity contribution in [3.63, 3.8) is 0 Å². The topological polar surface area (TPSA) is 24.6 Å². The largest absolute Gasteiger partial charge is 0.309 e. The van der Waals surface area contributed by atoms with Gasteiger partial charge in [-0.1, -0.05) is 293 Å². The van der Waals surface area contributed by atoms with E-state index < -0.39 is 0 Å². The number of para-hydroxylation sites is 6. The van der Waals surface area contributed by atoms with Gasteiger partial charge in [-0.15, -0.1) is 56.7 Å². The fourth-order valence-electron chi connectivity index (χ4n) is 21.3. The highest BCUT2D eigenvalue weighted by molar-refractivity contribution is 7.20. The summed E-state index contributed by atoms with van der Waals surface area (Å²) >= 11 is 9.15. The highest BCUT2D eigenvalue weighted by Crippen LogP contribution is 2.52. The Bertz CT molecular complexity index is 9660. The van der Waals surface area contributed by atoms with Crippen molar-refractivity contribution in [2.24, 2.45) is 0 Å². The number of benzene rings is 19. The molecule has 29 aromatic rings. The maximum absolute atomic E-state index is 2.45. The standard InChI is InChI=1S/C29H21NS.C26H17NS.2C24H15NS.C20H13NS/c1-29(2)23-9-5-3-7-20(23)21-13-12-19(17-24(21)29)30-25-10-6-4-8-22(25)27-26(30)14-11-18-15-16-31-28(18)27;1-2-7-18(8-3-1)20-9-6-10-21(17-20)27-23-12-5-4-11-22(23)25-24(27)14-13-19-15-16-28-26(19)25;1-2-8-18-16(6-1)7-5-11-20(18)25-21-10-4-3-9-19(21)23-22(25)13-12-17-14-15-26-24(17)23;1-2-6-18-15-19(11-9-16(18)5-1)25-21-8-4-3-7-20(21)23-22(25)12-10-17-13-14-26-24(17)23;1-2-6-15(7-3-1)21-17-9-5-4-8-16(17)19-18(21)11-10-14-12-13-22-20(14)19/h3-17H,1-2H3;1-17H;2*1-15H;1-13H. The van der Waals surface area contributed by atoms with E-state index in [1.807, 2.05) is 56.7 Å². The van der Waals surface area contributed by atoms with Crippen molar-refractivity contribution in [2.45, 2.75) is 19.3 Å². The molecule has 133 heavy (non-hydrogen) atoms. The Hall–Kier alpha value is -15.5. The third kappa shape index (κ3) is 12.8. The van der Waals surface area contributed by atoms with Crippen LogP contribution in [0.3, 0.4) is 0 Å². The van der Waals surface area contributed by atoms with Gasteiger partial charge in [-0.05, 0) is 249 Å². The van der Waals surface area contributed by atoms with E-state index in [0.717, 1.165) is 0 Å². The number of rotatable bonds is 6. The molecule has 10 heteroatoms. The number of thiophene rings is 5. The summed E-state index contributed by atoms with van der Waals surface area (Å²) in [6.07, 6.45) is 0. The van der Waals surface area contributed by atoms with Crippen LogP contribution in [0.4, 0.5) is 0 Å². The fraction of sp³-hybridized carbons (Fsp3) is 0.0244. The second-order valence-electron chi connectivity index (χ2n) is 34.9. The highest BCUT2D eigenvalue weighted by atomic mass is 32.1. The van der Waals surface area contributed by atoms with Crippen LogP contribution < -0.4 is 0 Å². The van der Waals surface area contributed by atoms with Gasteiger partial charge in [-0.3, -0.25) is 0 Å². The van der Waals surface area contributed by atoms with Crippen LogP contribution in [-0.2, 0) is 5.41 Å². The molecule has 0 saturated carbocycles. The summed E-state index contributed by atoms with van der Waals surface area (Å²) in [5.74, 6) is 0. The first-order chi connectivity index (χ1) is 65.8. The van der Waals surface area contributed by atoms with E-state index in [1.54, 1.807) is 0 Å². The Balaban J connectivity index is 0.0000000872. The van der Waals surface area contributed by atoms with Crippen molar-refractivity contribution in [3.8, 4) is 50.7 Å². The minimum Gasteiger partial charge on any atom is -0.309 e. The van der Waals surface area contributed by atoms with E-state index in [-0.39, 0.29) is 5.41 Å². The highest BCUT2D eigenvalue weighted by Gasteiger charge is 2.36. The Morgan fingerprint density at radius 2 is 0.496 bits per heavy atom. The lowest BCUT2D eigenvalue weighted by atomic mass is 9.82. The van der Waals surface area contributed by atoms with Crippen molar-refractivity contribution in [1.82, 2.24) is 22.8 Å². The molecule has 628 valence electrons. The van der Waals surface area contributed by atoms with Crippen LogP contribution in [0.15, 0.2) is 452 Å². The van der Waals surface area contributed by atoms with E-state index in [2.05, 4.69) is 488 Å². The van der Waals surface area contributed by atoms with Gasteiger partial charge in [0.05, 0.1) is 60.9 Å². The van der Waals surface area contributed by atoms with Gasteiger partial charge < -0.3 is 22.8 Å². The lowest BCUT2D eigenvalue weighted by molar-refractivity contribution is 0.660. The zero-order valence-corrected chi connectivity index (χ0v) is 76.7. The predicted molar refractivity (Wildman–Crippen MR) is 579 cm³/mol. The normalized spacial score (nSPS) is 12.3. The van der Waals surface area contributed by atoms with Crippen LogP contribution in [-0.4, -0.2) is 22.8 Å². The van der Waals surface area contributed by atoms with Gasteiger partial charge in [0.2, 0.25) is 0 Å². The third-order valence-electron chi connectivity index (χ3n) is 27.3. The van der Waals surface area contributed by atoms with Crippen molar-refractivity contribution in [2.75, 3.05) is 0 Å². The van der Waals surface area contributed by atoms with Gasteiger partial charge in [0, 0.05) is 111 Å². The molecule has 1 aliphatic rings. The van der Waals surface area contributed by atoms with Crippen molar-refractivity contribution in [3.05, 3.63) is 463 Å². The molecule has 5 nitrogen and oxygen atoms in total. The molecule has 0 saturated heterocycles. The van der Waals surface area contributed by atoms with Crippen molar-refractivity contribution in [1.29, 1.82) is 0 Å². The van der Waals surface area contributed by atoms with Crippen LogP contribution in [0.2, 0.25) is 0 Å². The Morgan fingerprint density at radius 1 is 0.180 bits per heavy atom. The molecule has 0 bridgehead atoms. The molecule has 0 atom stereocenters. The Kier molecular flexibility index (Phi) is 18.9. The van der Waals surface area contributed by atoms with Crippen LogP contribution in [0, 0.1) is 0 Å². The molecule has 1 aliphatic carbocycles. The molecule has 30 rings (SSSR count). The average Bonchev–Trinajstić information content (AvgIpc) is 1.58. The quantitative estimate of drug-likeness (QED) is 0.159. The van der Waals surface area contributed by atoms with Crippen LogP contribution in [0.25, 0.3) is 232 Å². The molecule has 0 amide bonds. The maximum atomic E-state index is 2.45. The molecule has 0 N–H and O–H groups in total. The lowest BCUT2D eigenvalue weighted by Gasteiger charge is -2.22. The SMILES string of the molecule is CC1(C)c2ccccc2-c2ccc(-n3c4ccccc4c4c5sccc5ccc43)cc21.c1ccc(-c2cccc(-n3c4ccccc4c4c5sccc5ccc43)c2)cc1.c1ccc(-n2c3ccccc3c3c4sccc4ccc32)cc1.c1ccc2c(-n3c4ccccc4c4c5sccc5ccc43)cccc2c1.c1ccc2cc(-n3c4ccccc4c4c5sccc5ccc43)ccc2c1. The van der Waals surface area contributed by atoms with E-state index in [9.17, 15) is 0 Å². The average molecular weight is 1790 g/mol. The monoisotopic (exact) mass is 1790 g/mol. The smallest absolute Gasteiger partial charge is 0.0556 e. The van der Waals surface area contributed by atoms with Crippen molar-refractivity contribution >= 4 is 238 Å². The summed E-state index contributed by atoms with van der Waals surface area (Å²) in [7, 11) is 0. The molecule has 0 aliphatic heterocycles. The van der Waals surface area contributed by atoms with Crippen LogP contribution in [0.1, 0.15) is 25.0 Å². The molecule has 0 spiro atoms.